The number of nitrogen functional groups attached to an aromatic ring is 1. The lowest BCUT2D eigenvalue weighted by Crippen LogP contribution is -2.48. The Kier molecular flexibility index (Phi) is 4.60. The van der Waals surface area contributed by atoms with Crippen molar-refractivity contribution in [2.24, 2.45) is 5.92 Å². The van der Waals surface area contributed by atoms with Gasteiger partial charge in [0.15, 0.2) is 0 Å². The summed E-state index contributed by atoms with van der Waals surface area (Å²) in [7, 11) is 0. The van der Waals surface area contributed by atoms with Gasteiger partial charge in [-0.25, -0.2) is 0 Å². The van der Waals surface area contributed by atoms with Crippen molar-refractivity contribution in [3.05, 3.63) is 12.4 Å². The highest BCUT2D eigenvalue weighted by Crippen LogP contribution is 2.05. The van der Waals surface area contributed by atoms with Crippen LogP contribution in [0.1, 0.15) is 13.8 Å². The normalized spacial score (nSPS) is 18.6. The molecular formula is C13H25N5. The summed E-state index contributed by atoms with van der Waals surface area (Å²) < 4.78 is 1.93. The van der Waals surface area contributed by atoms with Gasteiger partial charge in [-0.2, -0.15) is 5.10 Å². The lowest BCUT2D eigenvalue weighted by molar-refractivity contribution is 0.118. The molecule has 0 spiro atoms. The van der Waals surface area contributed by atoms with Crippen molar-refractivity contribution in [3.63, 3.8) is 0 Å². The maximum absolute atomic E-state index is 5.65. The Balaban J connectivity index is 1.67. The molecule has 1 aliphatic heterocycles. The zero-order valence-electron chi connectivity index (χ0n) is 11.5. The molecule has 0 aliphatic carbocycles. The van der Waals surface area contributed by atoms with E-state index in [0.717, 1.165) is 24.7 Å². The van der Waals surface area contributed by atoms with Crippen LogP contribution in [-0.2, 0) is 6.54 Å². The van der Waals surface area contributed by atoms with Crippen LogP contribution < -0.4 is 5.73 Å². The Morgan fingerprint density at radius 2 is 1.83 bits per heavy atom. The van der Waals surface area contributed by atoms with Gasteiger partial charge in [0.2, 0.25) is 0 Å². The minimum atomic E-state index is 0.747. The molecule has 1 saturated heterocycles. The molecule has 5 nitrogen and oxygen atoms in total. The number of piperazine rings is 1. The van der Waals surface area contributed by atoms with Crippen molar-refractivity contribution in [3.8, 4) is 0 Å². The molecule has 0 unspecified atom stereocenters. The second kappa shape index (κ2) is 6.20. The monoisotopic (exact) mass is 251 g/mol. The van der Waals surface area contributed by atoms with E-state index in [1.807, 2.05) is 10.9 Å². The molecule has 1 aliphatic rings. The van der Waals surface area contributed by atoms with Gasteiger partial charge in [0.05, 0.1) is 18.4 Å². The zero-order valence-corrected chi connectivity index (χ0v) is 11.5. The Labute approximate surface area is 110 Å². The zero-order chi connectivity index (χ0) is 13.0. The van der Waals surface area contributed by atoms with Crippen molar-refractivity contribution >= 4 is 5.69 Å². The van der Waals surface area contributed by atoms with Crippen LogP contribution in [0.2, 0.25) is 0 Å². The van der Waals surface area contributed by atoms with E-state index in [9.17, 15) is 0 Å². The van der Waals surface area contributed by atoms with Gasteiger partial charge in [-0.3, -0.25) is 9.58 Å². The van der Waals surface area contributed by atoms with Crippen LogP contribution in [0.25, 0.3) is 0 Å². The fourth-order valence-corrected chi connectivity index (χ4v) is 2.46. The third-order valence-electron chi connectivity index (χ3n) is 3.39. The highest BCUT2D eigenvalue weighted by atomic mass is 15.3. The fraction of sp³-hybridized carbons (Fsp3) is 0.769. The number of rotatable bonds is 5. The molecule has 1 fully saturated rings. The number of hydrogen-bond donors (Lipinski definition) is 1. The summed E-state index contributed by atoms with van der Waals surface area (Å²) in [5, 5.41) is 4.21. The fourth-order valence-electron chi connectivity index (χ4n) is 2.46. The average molecular weight is 251 g/mol. The van der Waals surface area contributed by atoms with Gasteiger partial charge < -0.3 is 10.6 Å². The van der Waals surface area contributed by atoms with Crippen LogP contribution >= 0.6 is 0 Å². The van der Waals surface area contributed by atoms with Gasteiger partial charge in [-0.1, -0.05) is 13.8 Å². The molecule has 1 aromatic heterocycles. The number of aromatic nitrogens is 2. The van der Waals surface area contributed by atoms with Crippen LogP contribution in [-0.4, -0.2) is 58.8 Å². The largest absolute Gasteiger partial charge is 0.396 e. The quantitative estimate of drug-likeness (QED) is 0.838. The SMILES string of the molecule is CC(C)CN1CCN(CCn2cc(N)cn2)CC1. The molecule has 1 aromatic rings. The number of nitrogens with zero attached hydrogens (tertiary/aromatic N) is 4. The van der Waals surface area contributed by atoms with Crippen molar-refractivity contribution in [2.75, 3.05) is 45.0 Å². The molecule has 0 saturated carbocycles. The predicted octanol–water partition coefficient (Wildman–Crippen LogP) is 0.739. The van der Waals surface area contributed by atoms with Crippen molar-refractivity contribution in [1.82, 2.24) is 19.6 Å². The molecule has 0 bridgehead atoms. The van der Waals surface area contributed by atoms with E-state index in [1.165, 1.54) is 32.7 Å². The molecule has 18 heavy (non-hydrogen) atoms. The molecule has 2 rings (SSSR count). The molecule has 5 heteroatoms. The predicted molar refractivity (Wildman–Crippen MR) is 74.4 cm³/mol. The summed E-state index contributed by atoms with van der Waals surface area (Å²) in [6.07, 6.45) is 3.61. The third kappa shape index (κ3) is 3.99. The van der Waals surface area contributed by atoms with Gasteiger partial charge >= 0.3 is 0 Å². The summed E-state index contributed by atoms with van der Waals surface area (Å²) in [6.45, 7) is 12.5. The van der Waals surface area contributed by atoms with E-state index in [2.05, 4.69) is 28.7 Å². The Morgan fingerprint density at radius 1 is 1.17 bits per heavy atom. The molecule has 0 radical (unpaired) electrons. The maximum atomic E-state index is 5.65. The second-order valence-electron chi connectivity index (χ2n) is 5.57. The van der Waals surface area contributed by atoms with Crippen LogP contribution in [0, 0.1) is 5.92 Å². The number of anilines is 1. The first-order valence-corrected chi connectivity index (χ1v) is 6.86. The highest BCUT2D eigenvalue weighted by molar-refractivity contribution is 5.30. The number of nitrogens with two attached hydrogens (primary N) is 1. The van der Waals surface area contributed by atoms with Gasteiger partial charge in [-0.05, 0) is 5.92 Å². The van der Waals surface area contributed by atoms with Crippen LogP contribution in [0.15, 0.2) is 12.4 Å². The summed E-state index contributed by atoms with van der Waals surface area (Å²) >= 11 is 0. The van der Waals surface area contributed by atoms with E-state index in [0.29, 0.717) is 0 Å². The Hall–Kier alpha value is -1.07. The van der Waals surface area contributed by atoms with Crippen molar-refractivity contribution < 1.29 is 0 Å². The molecule has 2 heterocycles. The van der Waals surface area contributed by atoms with E-state index in [4.69, 9.17) is 5.73 Å². The first kappa shape index (κ1) is 13.4. The lowest BCUT2D eigenvalue weighted by Gasteiger charge is -2.35. The van der Waals surface area contributed by atoms with Gasteiger partial charge in [0.1, 0.15) is 0 Å². The number of hydrogen-bond acceptors (Lipinski definition) is 4. The van der Waals surface area contributed by atoms with Crippen molar-refractivity contribution in [1.29, 1.82) is 0 Å². The highest BCUT2D eigenvalue weighted by Gasteiger charge is 2.16. The van der Waals surface area contributed by atoms with Crippen LogP contribution in [0.3, 0.4) is 0 Å². The Morgan fingerprint density at radius 3 is 2.39 bits per heavy atom. The first-order valence-electron chi connectivity index (χ1n) is 6.86. The van der Waals surface area contributed by atoms with Crippen LogP contribution in [0.4, 0.5) is 5.69 Å². The molecule has 0 atom stereocenters. The van der Waals surface area contributed by atoms with Gasteiger partial charge in [0, 0.05) is 45.5 Å². The molecule has 0 aromatic carbocycles. The molecule has 0 amide bonds. The summed E-state index contributed by atoms with van der Waals surface area (Å²) in [5.41, 5.74) is 6.40. The summed E-state index contributed by atoms with van der Waals surface area (Å²) in [4.78, 5) is 5.07. The molecule has 102 valence electrons. The minimum absolute atomic E-state index is 0.747. The van der Waals surface area contributed by atoms with E-state index in [-0.39, 0.29) is 0 Å². The van der Waals surface area contributed by atoms with E-state index < -0.39 is 0 Å². The van der Waals surface area contributed by atoms with Gasteiger partial charge in [-0.15, -0.1) is 0 Å². The Bertz CT molecular complexity index is 352. The minimum Gasteiger partial charge on any atom is -0.396 e. The topological polar surface area (TPSA) is 50.3 Å². The van der Waals surface area contributed by atoms with E-state index in [1.54, 1.807) is 6.20 Å². The maximum Gasteiger partial charge on any atom is 0.0719 e. The lowest BCUT2D eigenvalue weighted by atomic mass is 10.2. The molecule has 2 N–H and O–H groups in total. The van der Waals surface area contributed by atoms with Crippen LogP contribution in [0.5, 0.6) is 0 Å². The summed E-state index contributed by atoms with van der Waals surface area (Å²) in [6, 6.07) is 0. The first-order chi connectivity index (χ1) is 8.63. The van der Waals surface area contributed by atoms with E-state index >= 15 is 0 Å². The summed E-state index contributed by atoms with van der Waals surface area (Å²) in [5.74, 6) is 0.767. The standard InChI is InChI=1S/C13H25N5/c1-12(2)10-17-5-3-16(4-6-17)7-8-18-11-13(14)9-15-18/h9,11-12H,3-8,10,14H2,1-2H3. The smallest absolute Gasteiger partial charge is 0.0719 e. The second-order valence-corrected chi connectivity index (χ2v) is 5.57. The average Bonchev–Trinajstić information content (AvgIpc) is 2.74. The molecular weight excluding hydrogens is 226 g/mol. The third-order valence-corrected chi connectivity index (χ3v) is 3.39. The van der Waals surface area contributed by atoms with Gasteiger partial charge in [0.25, 0.3) is 0 Å². The van der Waals surface area contributed by atoms with Crippen molar-refractivity contribution in [2.45, 2.75) is 20.4 Å².